The Hall–Kier alpha value is -1.55. The summed E-state index contributed by atoms with van der Waals surface area (Å²) in [6.07, 6.45) is -1.71. The number of benzene rings is 1. The van der Waals surface area contributed by atoms with Crippen LogP contribution < -0.4 is 4.74 Å². The Morgan fingerprint density at radius 2 is 2.00 bits per heavy atom. The van der Waals surface area contributed by atoms with Crippen LogP contribution in [0.1, 0.15) is 28.4 Å². The van der Waals surface area contributed by atoms with Crippen LogP contribution in [0.3, 0.4) is 0 Å². The zero-order valence-corrected chi connectivity index (χ0v) is 9.44. The fourth-order valence-electron chi connectivity index (χ4n) is 1.91. The van der Waals surface area contributed by atoms with Crippen LogP contribution >= 0.6 is 0 Å². The number of rotatable bonds is 0. The van der Waals surface area contributed by atoms with Crippen molar-refractivity contribution >= 4 is 5.78 Å². The quantitative estimate of drug-likeness (QED) is 0.695. The van der Waals surface area contributed by atoms with Crippen molar-refractivity contribution in [1.82, 2.24) is 0 Å². The van der Waals surface area contributed by atoms with Crippen molar-refractivity contribution in [2.24, 2.45) is 0 Å². The van der Waals surface area contributed by atoms with Crippen LogP contribution in [0.4, 0.5) is 0 Å². The van der Waals surface area contributed by atoms with E-state index in [1.165, 1.54) is 0 Å². The lowest BCUT2D eigenvalue weighted by atomic mass is 9.94. The Labute approximate surface area is 93.5 Å². The molecule has 0 amide bonds. The normalized spacial score (nSPS) is 23.9. The van der Waals surface area contributed by atoms with Gasteiger partial charge in [0.15, 0.2) is 11.9 Å². The number of Topliss-reactive ketones (excluding diaryl/α,β-unsaturated/α-hetero) is 1. The van der Waals surface area contributed by atoms with Crippen LogP contribution in [-0.4, -0.2) is 28.2 Å². The molecule has 0 bridgehead atoms. The largest absolute Gasteiger partial charge is 0.507 e. The van der Waals surface area contributed by atoms with Crippen molar-refractivity contribution in [2.75, 3.05) is 0 Å². The van der Waals surface area contributed by atoms with E-state index in [-0.39, 0.29) is 11.5 Å². The fraction of sp³-hybridized carbons (Fsp3) is 0.417. The summed E-state index contributed by atoms with van der Waals surface area (Å²) in [4.78, 5) is 11.8. The highest BCUT2D eigenvalue weighted by Gasteiger charge is 2.34. The number of aliphatic hydroxyl groups is 1. The van der Waals surface area contributed by atoms with Gasteiger partial charge in [0.2, 0.25) is 0 Å². The van der Waals surface area contributed by atoms with E-state index in [1.54, 1.807) is 26.8 Å². The molecule has 2 atom stereocenters. The predicted octanol–water partition coefficient (Wildman–Crippen LogP) is 1.33. The third-order valence-electron chi connectivity index (χ3n) is 2.96. The second-order valence-corrected chi connectivity index (χ2v) is 4.18. The maximum Gasteiger partial charge on any atom is 0.198 e. The monoisotopic (exact) mass is 222 g/mol. The highest BCUT2D eigenvalue weighted by Crippen LogP contribution is 2.38. The average Bonchev–Trinajstić information content (AvgIpc) is 2.25. The van der Waals surface area contributed by atoms with Gasteiger partial charge in [0.25, 0.3) is 0 Å². The van der Waals surface area contributed by atoms with E-state index in [9.17, 15) is 15.0 Å². The van der Waals surface area contributed by atoms with E-state index in [1.807, 2.05) is 0 Å². The molecule has 4 nitrogen and oxygen atoms in total. The maximum atomic E-state index is 11.8. The number of hydrogen-bond donors (Lipinski definition) is 2. The SMILES string of the molecule is Cc1cc2c(c(C)c1O)O[C@@H](C)[C@@H](O)C2=O. The smallest absolute Gasteiger partial charge is 0.198 e. The summed E-state index contributed by atoms with van der Waals surface area (Å²) in [5, 5.41) is 19.4. The van der Waals surface area contributed by atoms with Crippen molar-refractivity contribution in [3.8, 4) is 11.5 Å². The average molecular weight is 222 g/mol. The number of aromatic hydroxyl groups is 1. The fourth-order valence-corrected chi connectivity index (χ4v) is 1.91. The third-order valence-corrected chi connectivity index (χ3v) is 2.96. The van der Waals surface area contributed by atoms with Gasteiger partial charge >= 0.3 is 0 Å². The molecule has 0 spiro atoms. The zero-order valence-electron chi connectivity index (χ0n) is 9.44. The van der Waals surface area contributed by atoms with E-state index in [0.717, 1.165) is 0 Å². The first kappa shape index (κ1) is 11.0. The van der Waals surface area contributed by atoms with E-state index >= 15 is 0 Å². The van der Waals surface area contributed by atoms with Crippen molar-refractivity contribution < 1.29 is 19.7 Å². The summed E-state index contributed by atoms with van der Waals surface area (Å²) in [5.74, 6) is 0.168. The molecule has 4 heteroatoms. The van der Waals surface area contributed by atoms with Gasteiger partial charge in [-0.2, -0.15) is 0 Å². The first-order chi connectivity index (χ1) is 7.43. The van der Waals surface area contributed by atoms with Crippen molar-refractivity contribution in [3.63, 3.8) is 0 Å². The molecule has 1 heterocycles. The van der Waals surface area contributed by atoms with Gasteiger partial charge in [0.1, 0.15) is 17.6 Å². The summed E-state index contributed by atoms with van der Waals surface area (Å²) in [5.41, 5.74) is 1.50. The topological polar surface area (TPSA) is 66.8 Å². The molecule has 0 saturated heterocycles. The molecule has 0 aromatic heterocycles. The van der Waals surface area contributed by atoms with Gasteiger partial charge in [-0.25, -0.2) is 0 Å². The number of hydrogen-bond acceptors (Lipinski definition) is 4. The molecule has 0 aliphatic carbocycles. The van der Waals surface area contributed by atoms with Gasteiger partial charge in [0.05, 0.1) is 5.56 Å². The molecule has 1 aromatic carbocycles. The highest BCUT2D eigenvalue weighted by atomic mass is 16.5. The van der Waals surface area contributed by atoms with E-state index in [4.69, 9.17) is 4.74 Å². The minimum absolute atomic E-state index is 0.134. The molecule has 1 aliphatic heterocycles. The van der Waals surface area contributed by atoms with Gasteiger partial charge < -0.3 is 14.9 Å². The molecule has 2 rings (SSSR count). The maximum absolute atomic E-state index is 11.8. The predicted molar refractivity (Wildman–Crippen MR) is 58.0 cm³/mol. The van der Waals surface area contributed by atoms with Gasteiger partial charge in [-0.3, -0.25) is 4.79 Å². The first-order valence-corrected chi connectivity index (χ1v) is 5.15. The number of ketones is 1. The summed E-state index contributed by atoms with van der Waals surface area (Å²) in [6.45, 7) is 5.03. The van der Waals surface area contributed by atoms with Crippen molar-refractivity contribution in [3.05, 3.63) is 22.8 Å². The van der Waals surface area contributed by atoms with E-state index in [0.29, 0.717) is 22.4 Å². The summed E-state index contributed by atoms with van der Waals surface area (Å²) in [7, 11) is 0. The summed E-state index contributed by atoms with van der Waals surface area (Å²) < 4.78 is 5.45. The third kappa shape index (κ3) is 1.38. The number of aliphatic hydroxyl groups excluding tert-OH is 1. The molecule has 0 fully saturated rings. The highest BCUT2D eigenvalue weighted by molar-refractivity contribution is 6.03. The second-order valence-electron chi connectivity index (χ2n) is 4.18. The Kier molecular flexibility index (Phi) is 2.39. The van der Waals surface area contributed by atoms with Crippen LogP contribution in [-0.2, 0) is 0 Å². The number of carbonyl (C=O) groups excluding carboxylic acids is 1. The molecule has 1 aliphatic rings. The molecular formula is C12H14O4. The summed E-state index contributed by atoms with van der Waals surface area (Å²) >= 11 is 0. The van der Waals surface area contributed by atoms with Gasteiger partial charge in [0, 0.05) is 5.56 Å². The minimum atomic E-state index is -1.13. The molecule has 86 valence electrons. The Bertz CT molecular complexity index is 465. The Morgan fingerprint density at radius 1 is 1.38 bits per heavy atom. The number of ether oxygens (including phenoxy) is 1. The zero-order chi connectivity index (χ0) is 12.0. The Balaban J connectivity index is 2.66. The number of phenolic OH excluding ortho intramolecular Hbond substituents is 1. The molecule has 0 radical (unpaired) electrons. The molecule has 1 aromatic rings. The lowest BCUT2D eigenvalue weighted by Crippen LogP contribution is -2.40. The van der Waals surface area contributed by atoms with Crippen LogP contribution in [0.5, 0.6) is 11.5 Å². The Morgan fingerprint density at radius 3 is 2.62 bits per heavy atom. The second kappa shape index (κ2) is 3.49. The molecule has 0 saturated carbocycles. The van der Waals surface area contributed by atoms with Gasteiger partial charge in [-0.1, -0.05) is 0 Å². The minimum Gasteiger partial charge on any atom is -0.507 e. The number of aryl methyl sites for hydroxylation is 1. The van der Waals surface area contributed by atoms with E-state index < -0.39 is 12.2 Å². The van der Waals surface area contributed by atoms with Gasteiger partial charge in [-0.15, -0.1) is 0 Å². The van der Waals surface area contributed by atoms with Crippen LogP contribution in [0.2, 0.25) is 0 Å². The van der Waals surface area contributed by atoms with Crippen LogP contribution in [0, 0.1) is 13.8 Å². The van der Waals surface area contributed by atoms with Gasteiger partial charge in [-0.05, 0) is 32.4 Å². The van der Waals surface area contributed by atoms with Crippen LogP contribution in [0.15, 0.2) is 6.07 Å². The number of carbonyl (C=O) groups is 1. The van der Waals surface area contributed by atoms with Crippen LogP contribution in [0.25, 0.3) is 0 Å². The lowest BCUT2D eigenvalue weighted by molar-refractivity contribution is 0.0286. The summed E-state index contributed by atoms with van der Waals surface area (Å²) in [6, 6.07) is 1.55. The molecule has 0 unspecified atom stereocenters. The lowest BCUT2D eigenvalue weighted by Gasteiger charge is -2.28. The molecule has 16 heavy (non-hydrogen) atoms. The standard InChI is InChI=1S/C12H14O4/c1-5-4-8-11(15)10(14)7(3)16-12(8)6(2)9(5)13/h4,7,10,13-14H,1-3H3/t7-,10+/m0/s1. The number of fused-ring (bicyclic) bond motifs is 1. The number of phenols is 1. The van der Waals surface area contributed by atoms with E-state index in [2.05, 4.69) is 0 Å². The first-order valence-electron chi connectivity index (χ1n) is 5.15. The van der Waals surface area contributed by atoms with Crippen molar-refractivity contribution in [2.45, 2.75) is 33.0 Å². The molecule has 2 N–H and O–H groups in total. The van der Waals surface area contributed by atoms with Crippen molar-refractivity contribution in [1.29, 1.82) is 0 Å². The molecular weight excluding hydrogens is 208 g/mol.